The van der Waals surface area contributed by atoms with Crippen LogP contribution in [0.3, 0.4) is 0 Å². The third-order valence-corrected chi connectivity index (χ3v) is 5.71. The molecule has 1 aromatic heterocycles. The molecule has 0 aliphatic rings. The van der Waals surface area contributed by atoms with E-state index in [4.69, 9.17) is 10.2 Å². The van der Waals surface area contributed by atoms with Gasteiger partial charge in [0.15, 0.2) is 0 Å². The van der Waals surface area contributed by atoms with Crippen molar-refractivity contribution in [2.75, 3.05) is 19.1 Å². The number of aryl methyl sites for hydroxylation is 1. The summed E-state index contributed by atoms with van der Waals surface area (Å²) in [6.07, 6.45) is 1.95. The van der Waals surface area contributed by atoms with Crippen LogP contribution in [-0.2, 0) is 16.6 Å². The molecule has 1 atom stereocenters. The number of rotatable bonds is 6. The minimum absolute atomic E-state index is 0.0689. The van der Waals surface area contributed by atoms with Gasteiger partial charge in [-0.3, -0.25) is 0 Å². The van der Waals surface area contributed by atoms with Crippen LogP contribution in [0.1, 0.15) is 18.4 Å². The first-order chi connectivity index (χ1) is 8.34. The summed E-state index contributed by atoms with van der Waals surface area (Å²) in [5.74, 6) is 1.62. The van der Waals surface area contributed by atoms with Gasteiger partial charge in [-0.05, 0) is 20.1 Å². The highest BCUT2D eigenvalue weighted by Crippen LogP contribution is 2.24. The minimum Gasteiger partial charge on any atom is -0.464 e. The Balaban J connectivity index is 3.08. The molecule has 0 saturated heterocycles. The molecule has 1 heterocycles. The monoisotopic (exact) mass is 292 g/mol. The second-order valence-corrected chi connectivity index (χ2v) is 7.04. The molecule has 0 aliphatic heterocycles. The lowest BCUT2D eigenvalue weighted by atomic mass is 10.4. The molecule has 0 aromatic carbocycles. The van der Waals surface area contributed by atoms with E-state index in [2.05, 4.69) is 0 Å². The van der Waals surface area contributed by atoms with Gasteiger partial charge in [0, 0.05) is 24.9 Å². The molecule has 0 aliphatic carbocycles. The van der Waals surface area contributed by atoms with Crippen molar-refractivity contribution in [1.82, 2.24) is 4.31 Å². The lowest BCUT2D eigenvalue weighted by Gasteiger charge is -2.23. The van der Waals surface area contributed by atoms with Crippen molar-refractivity contribution in [2.45, 2.75) is 31.3 Å². The van der Waals surface area contributed by atoms with E-state index in [1.807, 2.05) is 13.2 Å². The summed E-state index contributed by atoms with van der Waals surface area (Å²) < 4.78 is 31.5. The van der Waals surface area contributed by atoms with Crippen LogP contribution in [0.4, 0.5) is 0 Å². The first kappa shape index (κ1) is 15.6. The van der Waals surface area contributed by atoms with Gasteiger partial charge in [0.05, 0.1) is 6.54 Å². The zero-order valence-corrected chi connectivity index (χ0v) is 12.8. The van der Waals surface area contributed by atoms with Gasteiger partial charge in [-0.2, -0.15) is 16.1 Å². The molecule has 7 heteroatoms. The number of hydrogen-bond donors (Lipinski definition) is 1. The number of sulfonamides is 1. The standard InChI is InChI=1S/C11H20N2O3S2/c1-8(7-17-4)13(3)18(14,15)11-5-10(6-12)16-9(11)2/h5,8H,6-7,12H2,1-4H3. The first-order valence-corrected chi connectivity index (χ1v) is 8.44. The molecule has 0 fully saturated rings. The van der Waals surface area contributed by atoms with Crippen molar-refractivity contribution < 1.29 is 12.8 Å². The fourth-order valence-corrected chi connectivity index (χ4v) is 3.96. The van der Waals surface area contributed by atoms with Crippen LogP contribution >= 0.6 is 11.8 Å². The van der Waals surface area contributed by atoms with E-state index in [-0.39, 0.29) is 17.5 Å². The van der Waals surface area contributed by atoms with Gasteiger partial charge < -0.3 is 10.2 Å². The highest BCUT2D eigenvalue weighted by atomic mass is 32.2. The average molecular weight is 292 g/mol. The highest BCUT2D eigenvalue weighted by Gasteiger charge is 2.28. The van der Waals surface area contributed by atoms with Crippen LogP contribution in [-0.4, -0.2) is 37.8 Å². The van der Waals surface area contributed by atoms with Crippen LogP contribution in [0.5, 0.6) is 0 Å². The second kappa shape index (κ2) is 6.10. The summed E-state index contributed by atoms with van der Waals surface area (Å²) in [5, 5.41) is 0. The minimum atomic E-state index is -3.51. The number of furan rings is 1. The molecular weight excluding hydrogens is 272 g/mol. The Hall–Kier alpha value is -0.500. The van der Waals surface area contributed by atoms with Gasteiger partial charge in [-0.15, -0.1) is 0 Å². The van der Waals surface area contributed by atoms with E-state index in [1.165, 1.54) is 10.4 Å². The summed E-state index contributed by atoms with van der Waals surface area (Å²) in [5.41, 5.74) is 5.45. The van der Waals surface area contributed by atoms with E-state index >= 15 is 0 Å². The second-order valence-electron chi connectivity index (χ2n) is 4.16. The molecule has 1 aromatic rings. The Labute approximate surface area is 113 Å². The molecule has 5 nitrogen and oxygen atoms in total. The SMILES string of the molecule is CSCC(C)N(C)S(=O)(=O)c1cc(CN)oc1C. The Bertz CT molecular complexity index is 496. The molecule has 0 spiro atoms. The molecule has 18 heavy (non-hydrogen) atoms. The van der Waals surface area contributed by atoms with Crippen molar-refractivity contribution >= 4 is 21.8 Å². The molecule has 1 unspecified atom stereocenters. The van der Waals surface area contributed by atoms with Crippen molar-refractivity contribution in [3.63, 3.8) is 0 Å². The first-order valence-electron chi connectivity index (χ1n) is 5.61. The lowest BCUT2D eigenvalue weighted by molar-refractivity contribution is 0.412. The van der Waals surface area contributed by atoms with Gasteiger partial charge in [0.1, 0.15) is 16.4 Å². The molecule has 1 rings (SSSR count). The van der Waals surface area contributed by atoms with Gasteiger partial charge in [-0.25, -0.2) is 8.42 Å². The largest absolute Gasteiger partial charge is 0.464 e. The maximum Gasteiger partial charge on any atom is 0.246 e. The lowest BCUT2D eigenvalue weighted by Crippen LogP contribution is -2.36. The maximum atomic E-state index is 12.4. The van der Waals surface area contributed by atoms with Gasteiger partial charge in [-0.1, -0.05) is 0 Å². The van der Waals surface area contributed by atoms with Crippen LogP contribution in [0.2, 0.25) is 0 Å². The van der Waals surface area contributed by atoms with Crippen LogP contribution < -0.4 is 5.73 Å². The van der Waals surface area contributed by atoms with Crippen molar-refractivity contribution in [1.29, 1.82) is 0 Å². The third-order valence-electron chi connectivity index (χ3n) is 2.81. The number of nitrogens with zero attached hydrogens (tertiary/aromatic N) is 1. The molecule has 0 saturated carbocycles. The van der Waals surface area contributed by atoms with Gasteiger partial charge >= 0.3 is 0 Å². The summed E-state index contributed by atoms with van der Waals surface area (Å²) in [7, 11) is -1.92. The summed E-state index contributed by atoms with van der Waals surface area (Å²) in [4.78, 5) is 0.207. The molecule has 104 valence electrons. The van der Waals surface area contributed by atoms with Crippen molar-refractivity contribution in [3.05, 3.63) is 17.6 Å². The summed E-state index contributed by atoms with van der Waals surface area (Å²) >= 11 is 1.61. The molecular formula is C11H20N2O3S2. The average Bonchev–Trinajstić information content (AvgIpc) is 2.70. The fourth-order valence-electron chi connectivity index (χ4n) is 1.62. The zero-order valence-electron chi connectivity index (χ0n) is 11.1. The van der Waals surface area contributed by atoms with E-state index < -0.39 is 10.0 Å². The highest BCUT2D eigenvalue weighted by molar-refractivity contribution is 7.98. The number of hydrogen-bond acceptors (Lipinski definition) is 5. The molecule has 0 radical (unpaired) electrons. The van der Waals surface area contributed by atoms with Crippen LogP contribution in [0.15, 0.2) is 15.4 Å². The van der Waals surface area contributed by atoms with E-state index in [0.717, 1.165) is 5.75 Å². The molecule has 2 N–H and O–H groups in total. The van der Waals surface area contributed by atoms with Gasteiger partial charge in [0.2, 0.25) is 10.0 Å². The Morgan fingerprint density at radius 2 is 2.17 bits per heavy atom. The van der Waals surface area contributed by atoms with Crippen molar-refractivity contribution in [3.8, 4) is 0 Å². The van der Waals surface area contributed by atoms with E-state index in [1.54, 1.807) is 25.7 Å². The van der Waals surface area contributed by atoms with E-state index in [0.29, 0.717) is 11.5 Å². The molecule has 0 amide bonds. The summed E-state index contributed by atoms with van der Waals surface area (Å²) in [6, 6.07) is 1.44. The summed E-state index contributed by atoms with van der Waals surface area (Å²) in [6.45, 7) is 3.72. The van der Waals surface area contributed by atoms with Crippen molar-refractivity contribution in [2.24, 2.45) is 5.73 Å². The Morgan fingerprint density at radius 3 is 2.61 bits per heavy atom. The zero-order chi connectivity index (χ0) is 13.9. The quantitative estimate of drug-likeness (QED) is 0.858. The van der Waals surface area contributed by atoms with E-state index in [9.17, 15) is 8.42 Å². The topological polar surface area (TPSA) is 76.5 Å². The third kappa shape index (κ3) is 3.09. The normalized spacial score (nSPS) is 14.1. The number of nitrogens with two attached hydrogens (primary N) is 1. The predicted molar refractivity (Wildman–Crippen MR) is 74.1 cm³/mol. The maximum absolute atomic E-state index is 12.4. The van der Waals surface area contributed by atoms with Crippen LogP contribution in [0, 0.1) is 6.92 Å². The Morgan fingerprint density at radius 1 is 1.56 bits per heavy atom. The Kier molecular flexibility index (Phi) is 5.27. The smallest absolute Gasteiger partial charge is 0.246 e. The predicted octanol–water partition coefficient (Wildman–Crippen LogP) is 1.42. The van der Waals surface area contributed by atoms with Crippen LogP contribution in [0.25, 0.3) is 0 Å². The fraction of sp³-hybridized carbons (Fsp3) is 0.636. The van der Waals surface area contributed by atoms with Gasteiger partial charge in [0.25, 0.3) is 0 Å². The molecule has 0 bridgehead atoms. The number of thioether (sulfide) groups is 1.